The number of aromatic nitrogens is 2. The van der Waals surface area contributed by atoms with Gasteiger partial charge in [-0.05, 0) is 36.6 Å². The molecule has 2 heterocycles. The number of nitrogens with zero attached hydrogens (tertiary/aromatic N) is 2. The van der Waals surface area contributed by atoms with Gasteiger partial charge in [-0.3, -0.25) is 4.79 Å². The summed E-state index contributed by atoms with van der Waals surface area (Å²) in [4.78, 5) is 29.1. The molecule has 2 aromatic heterocycles. The van der Waals surface area contributed by atoms with Crippen LogP contribution in [0.1, 0.15) is 31.3 Å². The second-order valence-corrected chi connectivity index (χ2v) is 8.53. The Bertz CT molecular complexity index is 1370. The number of imidazole rings is 1. The van der Waals surface area contributed by atoms with Crippen molar-refractivity contribution in [2.45, 2.75) is 26.8 Å². The quantitative estimate of drug-likeness (QED) is 0.433. The Kier molecular flexibility index (Phi) is 5.93. The summed E-state index contributed by atoms with van der Waals surface area (Å²) in [6.07, 6.45) is 0. The van der Waals surface area contributed by atoms with Crippen molar-refractivity contribution in [1.82, 2.24) is 14.9 Å². The van der Waals surface area contributed by atoms with Crippen molar-refractivity contribution >= 4 is 39.5 Å². The Labute approximate surface area is 190 Å². The molecule has 0 radical (unpaired) electrons. The highest BCUT2D eigenvalue weighted by atomic mass is 35.5. The van der Waals surface area contributed by atoms with Crippen molar-refractivity contribution in [3.05, 3.63) is 69.3 Å². The minimum absolute atomic E-state index is 0.107. The van der Waals surface area contributed by atoms with Crippen molar-refractivity contribution < 1.29 is 13.9 Å². The minimum atomic E-state index is -0.455. The molecule has 0 spiro atoms. The number of ether oxygens (including phenoxy) is 1. The number of para-hydroxylation sites is 2. The number of fused-ring (bicyclic) bond motifs is 2. The van der Waals surface area contributed by atoms with Crippen LogP contribution >= 0.6 is 11.6 Å². The van der Waals surface area contributed by atoms with E-state index in [9.17, 15) is 9.59 Å². The number of amides is 1. The third-order valence-corrected chi connectivity index (χ3v) is 5.74. The standard InChI is InChI=1S/C24H24ClN3O4/c1-13(2)23(24-26-17-7-5-6-8-18(17)28(24)4)27-21(29)12-31-20-11-19-15(10-16(20)25)14(3)9-22(30)32-19/h5-11,13,23H,12H2,1-4H3,(H,27,29)/t23-/m0/s1. The van der Waals surface area contributed by atoms with Crippen molar-refractivity contribution in [2.24, 2.45) is 13.0 Å². The van der Waals surface area contributed by atoms with E-state index in [0.29, 0.717) is 16.0 Å². The van der Waals surface area contributed by atoms with Crippen molar-refractivity contribution in [3.8, 4) is 5.75 Å². The van der Waals surface area contributed by atoms with Gasteiger partial charge in [-0.2, -0.15) is 0 Å². The fraction of sp³-hybridized carbons (Fsp3) is 0.292. The summed E-state index contributed by atoms with van der Waals surface area (Å²) in [7, 11) is 1.94. The van der Waals surface area contributed by atoms with Gasteiger partial charge in [-0.25, -0.2) is 9.78 Å². The average Bonchev–Trinajstić information content (AvgIpc) is 3.07. The maximum Gasteiger partial charge on any atom is 0.336 e. The van der Waals surface area contributed by atoms with Crippen LogP contribution in [-0.4, -0.2) is 22.1 Å². The molecule has 0 saturated heterocycles. The molecule has 7 nitrogen and oxygen atoms in total. The zero-order valence-electron chi connectivity index (χ0n) is 18.3. The Balaban J connectivity index is 1.52. The van der Waals surface area contributed by atoms with Gasteiger partial charge in [0, 0.05) is 24.6 Å². The third-order valence-electron chi connectivity index (χ3n) is 5.45. The molecule has 1 atom stereocenters. The predicted molar refractivity (Wildman–Crippen MR) is 124 cm³/mol. The normalized spacial score (nSPS) is 12.4. The van der Waals surface area contributed by atoms with E-state index in [2.05, 4.69) is 5.32 Å². The highest BCUT2D eigenvalue weighted by Crippen LogP contribution is 2.31. The molecule has 0 saturated carbocycles. The molecule has 8 heteroatoms. The molecule has 0 aliphatic rings. The molecule has 4 aromatic rings. The number of nitrogens with one attached hydrogen (secondary N) is 1. The van der Waals surface area contributed by atoms with E-state index in [1.165, 1.54) is 12.1 Å². The maximum absolute atomic E-state index is 12.7. The van der Waals surface area contributed by atoms with Gasteiger partial charge in [0.15, 0.2) is 6.61 Å². The van der Waals surface area contributed by atoms with Gasteiger partial charge in [-0.1, -0.05) is 37.6 Å². The zero-order valence-corrected chi connectivity index (χ0v) is 19.1. The van der Waals surface area contributed by atoms with Gasteiger partial charge in [0.1, 0.15) is 17.2 Å². The van der Waals surface area contributed by atoms with Gasteiger partial charge in [0.25, 0.3) is 5.91 Å². The van der Waals surface area contributed by atoms with Gasteiger partial charge in [-0.15, -0.1) is 0 Å². The molecule has 0 unspecified atom stereocenters. The zero-order chi connectivity index (χ0) is 23.0. The average molecular weight is 454 g/mol. The Morgan fingerprint density at radius 3 is 2.72 bits per heavy atom. The first-order valence-electron chi connectivity index (χ1n) is 10.3. The summed E-state index contributed by atoms with van der Waals surface area (Å²) in [6, 6.07) is 12.1. The van der Waals surface area contributed by atoms with E-state index in [1.807, 2.05) is 49.7 Å². The number of carbonyl (C=O) groups excluding carboxylic acids is 1. The lowest BCUT2D eigenvalue weighted by molar-refractivity contribution is -0.124. The molecule has 0 aliphatic carbocycles. The number of hydrogen-bond acceptors (Lipinski definition) is 5. The molecule has 0 aliphatic heterocycles. The van der Waals surface area contributed by atoms with Crippen LogP contribution in [0.25, 0.3) is 22.0 Å². The Morgan fingerprint density at radius 2 is 2.00 bits per heavy atom. The van der Waals surface area contributed by atoms with Crippen LogP contribution in [0.3, 0.4) is 0 Å². The Hall–Kier alpha value is -3.32. The van der Waals surface area contributed by atoms with Crippen LogP contribution in [0, 0.1) is 12.8 Å². The number of rotatable bonds is 6. The molecule has 32 heavy (non-hydrogen) atoms. The van der Waals surface area contributed by atoms with Crippen LogP contribution in [0.2, 0.25) is 5.02 Å². The van der Waals surface area contributed by atoms with Crippen molar-refractivity contribution in [1.29, 1.82) is 0 Å². The van der Waals surface area contributed by atoms with Crippen molar-refractivity contribution in [2.75, 3.05) is 6.61 Å². The molecular weight excluding hydrogens is 430 g/mol. The smallest absolute Gasteiger partial charge is 0.336 e. The third kappa shape index (κ3) is 4.21. The molecule has 4 rings (SSSR count). The van der Waals surface area contributed by atoms with Gasteiger partial charge in [0.2, 0.25) is 0 Å². The first-order valence-corrected chi connectivity index (χ1v) is 10.7. The summed E-state index contributed by atoms with van der Waals surface area (Å²) < 4.78 is 12.9. The first-order chi connectivity index (χ1) is 15.2. The Morgan fingerprint density at radius 1 is 1.25 bits per heavy atom. The minimum Gasteiger partial charge on any atom is -0.482 e. The molecular formula is C24H24ClN3O4. The highest BCUT2D eigenvalue weighted by Gasteiger charge is 2.24. The highest BCUT2D eigenvalue weighted by molar-refractivity contribution is 6.32. The van der Waals surface area contributed by atoms with Crippen LogP contribution in [0.15, 0.2) is 51.7 Å². The van der Waals surface area contributed by atoms with E-state index >= 15 is 0 Å². The largest absolute Gasteiger partial charge is 0.482 e. The van der Waals surface area contributed by atoms with Crippen LogP contribution in [0.5, 0.6) is 5.75 Å². The SMILES string of the molecule is Cc1cc(=O)oc2cc(OCC(=O)N[C@H](c3nc4ccccc4n3C)C(C)C)c(Cl)cc12. The summed E-state index contributed by atoms with van der Waals surface area (Å²) >= 11 is 6.33. The van der Waals surface area contributed by atoms with Crippen LogP contribution < -0.4 is 15.7 Å². The maximum atomic E-state index is 12.7. The van der Waals surface area contributed by atoms with E-state index in [-0.39, 0.29) is 30.2 Å². The van der Waals surface area contributed by atoms with E-state index in [0.717, 1.165) is 22.4 Å². The van der Waals surface area contributed by atoms with Gasteiger partial charge >= 0.3 is 5.63 Å². The topological polar surface area (TPSA) is 86.4 Å². The number of aryl methyl sites for hydroxylation is 2. The number of benzene rings is 2. The first kappa shape index (κ1) is 21.9. The predicted octanol–water partition coefficient (Wildman–Crippen LogP) is 4.53. The molecule has 166 valence electrons. The fourth-order valence-corrected chi connectivity index (χ4v) is 3.98. The summed E-state index contributed by atoms with van der Waals surface area (Å²) in [5.41, 5.74) is 2.53. The summed E-state index contributed by atoms with van der Waals surface area (Å²) in [5.74, 6) is 0.844. The lowest BCUT2D eigenvalue weighted by atomic mass is 10.0. The van der Waals surface area contributed by atoms with E-state index in [4.69, 9.17) is 25.7 Å². The second kappa shape index (κ2) is 8.67. The molecule has 1 N–H and O–H groups in total. The second-order valence-electron chi connectivity index (χ2n) is 8.12. The molecule has 2 aromatic carbocycles. The summed E-state index contributed by atoms with van der Waals surface area (Å²) in [5, 5.41) is 4.06. The van der Waals surface area contributed by atoms with E-state index < -0.39 is 5.63 Å². The number of halogens is 1. The molecule has 0 bridgehead atoms. The molecule has 0 fully saturated rings. The number of hydrogen-bond donors (Lipinski definition) is 1. The lowest BCUT2D eigenvalue weighted by Gasteiger charge is -2.22. The van der Waals surface area contributed by atoms with Gasteiger partial charge < -0.3 is 19.0 Å². The van der Waals surface area contributed by atoms with Gasteiger partial charge in [0.05, 0.1) is 22.1 Å². The van der Waals surface area contributed by atoms with Crippen LogP contribution in [-0.2, 0) is 11.8 Å². The summed E-state index contributed by atoms with van der Waals surface area (Å²) in [6.45, 7) is 5.61. The van der Waals surface area contributed by atoms with E-state index in [1.54, 1.807) is 13.0 Å². The molecule has 1 amide bonds. The number of carbonyl (C=O) groups is 1. The van der Waals surface area contributed by atoms with Crippen molar-refractivity contribution in [3.63, 3.8) is 0 Å². The fourth-order valence-electron chi connectivity index (χ4n) is 3.76. The lowest BCUT2D eigenvalue weighted by Crippen LogP contribution is -2.36. The monoisotopic (exact) mass is 453 g/mol. The van der Waals surface area contributed by atoms with Crippen LogP contribution in [0.4, 0.5) is 0 Å².